The minimum Gasteiger partial charge on any atom is -0.444 e. The van der Waals surface area contributed by atoms with Gasteiger partial charge in [0.1, 0.15) is 5.60 Å². The fraction of sp³-hybridized carbons (Fsp3) is 0.500. The monoisotopic (exact) mass is 300 g/mol. The van der Waals surface area contributed by atoms with Crippen molar-refractivity contribution in [2.24, 2.45) is 0 Å². The van der Waals surface area contributed by atoms with Gasteiger partial charge in [0.2, 0.25) is 0 Å². The minimum absolute atomic E-state index is 0.225. The molecule has 0 unspecified atom stereocenters. The molecule has 0 aliphatic carbocycles. The van der Waals surface area contributed by atoms with E-state index in [0.717, 1.165) is 6.42 Å². The van der Waals surface area contributed by atoms with Crippen LogP contribution in [0.5, 0.6) is 0 Å². The Hall–Kier alpha value is -1.97. The molecule has 0 saturated heterocycles. The van der Waals surface area contributed by atoms with Crippen molar-refractivity contribution in [1.29, 1.82) is 0 Å². The van der Waals surface area contributed by atoms with Crippen molar-refractivity contribution in [3.8, 4) is 0 Å². The van der Waals surface area contributed by atoms with Crippen LogP contribution in [0.2, 0.25) is 0 Å². The number of carbonyl (C=O) groups is 1. The number of nitrogens with one attached hydrogen (secondary N) is 1. The summed E-state index contributed by atoms with van der Waals surface area (Å²) in [4.78, 5) is 17.6. The van der Waals surface area contributed by atoms with Gasteiger partial charge in [-0.3, -0.25) is 0 Å². The first-order chi connectivity index (χ1) is 10.2. The van der Waals surface area contributed by atoms with Gasteiger partial charge in [0.25, 0.3) is 0 Å². The summed E-state index contributed by atoms with van der Waals surface area (Å²) >= 11 is 0. The van der Waals surface area contributed by atoms with Crippen molar-refractivity contribution in [3.05, 3.63) is 34.5 Å². The van der Waals surface area contributed by atoms with Gasteiger partial charge >= 0.3 is 6.09 Å². The van der Waals surface area contributed by atoms with Crippen molar-refractivity contribution >= 4 is 17.0 Å². The molecule has 1 aromatic carbocycles. The Morgan fingerprint density at radius 3 is 2.68 bits per heavy atom. The van der Waals surface area contributed by atoms with Crippen LogP contribution < -0.4 is 0 Å². The average molecular weight is 300 g/mol. The molecular weight excluding hydrogens is 276 g/mol. The number of nitrogens with zero attached hydrogens (tertiary/aromatic N) is 1. The molecule has 1 N–H and O–H groups in total. The van der Waals surface area contributed by atoms with Crippen LogP contribution in [0, 0.1) is 13.8 Å². The van der Waals surface area contributed by atoms with E-state index >= 15 is 0 Å². The van der Waals surface area contributed by atoms with Gasteiger partial charge in [-0.05, 0) is 51.8 Å². The molecule has 0 fully saturated rings. The number of aryl methyl sites for hydroxylation is 2. The fourth-order valence-electron chi connectivity index (χ4n) is 3.24. The molecule has 2 heterocycles. The summed E-state index contributed by atoms with van der Waals surface area (Å²) in [7, 11) is 0. The summed E-state index contributed by atoms with van der Waals surface area (Å²) in [6.45, 7) is 11.3. The second-order valence-corrected chi connectivity index (χ2v) is 7.24. The molecule has 0 atom stereocenters. The maximum atomic E-state index is 12.3. The highest BCUT2D eigenvalue weighted by atomic mass is 16.6. The maximum Gasteiger partial charge on any atom is 0.410 e. The highest BCUT2D eigenvalue weighted by Crippen LogP contribution is 2.31. The Bertz CT molecular complexity index is 738. The fourth-order valence-corrected chi connectivity index (χ4v) is 3.24. The van der Waals surface area contributed by atoms with Crippen LogP contribution in [-0.4, -0.2) is 28.1 Å². The van der Waals surface area contributed by atoms with Crippen LogP contribution in [-0.2, 0) is 17.7 Å². The van der Waals surface area contributed by atoms with Gasteiger partial charge in [-0.2, -0.15) is 0 Å². The van der Waals surface area contributed by atoms with Gasteiger partial charge < -0.3 is 14.6 Å². The SMILES string of the molecule is Cc1cc(C)c2c3c([nH]c2c1)CCN(C(=O)OC(C)(C)C)C3. The molecular formula is C18H24N2O2. The highest BCUT2D eigenvalue weighted by Gasteiger charge is 2.28. The van der Waals surface area contributed by atoms with Gasteiger partial charge in [-0.1, -0.05) is 6.07 Å². The summed E-state index contributed by atoms with van der Waals surface area (Å²) < 4.78 is 5.51. The summed E-state index contributed by atoms with van der Waals surface area (Å²) in [5.41, 5.74) is 5.73. The maximum absolute atomic E-state index is 12.3. The van der Waals surface area contributed by atoms with Crippen LogP contribution in [0.1, 0.15) is 43.2 Å². The quantitative estimate of drug-likeness (QED) is 0.797. The van der Waals surface area contributed by atoms with E-state index in [0.29, 0.717) is 13.1 Å². The van der Waals surface area contributed by atoms with Crippen molar-refractivity contribution in [1.82, 2.24) is 9.88 Å². The lowest BCUT2D eigenvalue weighted by atomic mass is 10.0. The highest BCUT2D eigenvalue weighted by molar-refractivity contribution is 5.89. The van der Waals surface area contributed by atoms with E-state index in [1.165, 1.54) is 33.3 Å². The number of amides is 1. The number of rotatable bonds is 0. The number of carbonyl (C=O) groups excluding carboxylic acids is 1. The van der Waals surface area contributed by atoms with E-state index in [4.69, 9.17) is 4.74 Å². The van der Waals surface area contributed by atoms with Crippen LogP contribution in [0.3, 0.4) is 0 Å². The van der Waals surface area contributed by atoms with E-state index in [9.17, 15) is 4.79 Å². The average Bonchev–Trinajstić information content (AvgIpc) is 2.73. The number of ether oxygens (including phenoxy) is 1. The first kappa shape index (κ1) is 14.9. The van der Waals surface area contributed by atoms with E-state index in [1.807, 2.05) is 20.8 Å². The zero-order chi connectivity index (χ0) is 16.1. The third kappa shape index (κ3) is 2.70. The molecule has 2 aromatic rings. The second-order valence-electron chi connectivity index (χ2n) is 7.24. The number of aromatic nitrogens is 1. The van der Waals surface area contributed by atoms with Gasteiger partial charge in [0, 0.05) is 35.1 Å². The number of hydrogen-bond donors (Lipinski definition) is 1. The zero-order valence-electron chi connectivity index (χ0n) is 14.0. The van der Waals surface area contributed by atoms with Crippen LogP contribution in [0.15, 0.2) is 12.1 Å². The Morgan fingerprint density at radius 1 is 1.27 bits per heavy atom. The largest absolute Gasteiger partial charge is 0.444 e. The summed E-state index contributed by atoms with van der Waals surface area (Å²) in [5, 5.41) is 1.26. The Balaban J connectivity index is 1.94. The van der Waals surface area contributed by atoms with Gasteiger partial charge in [0.05, 0.1) is 6.54 Å². The normalized spacial score (nSPS) is 15.0. The lowest BCUT2D eigenvalue weighted by Crippen LogP contribution is -2.39. The zero-order valence-corrected chi connectivity index (χ0v) is 14.0. The Labute approximate surface area is 131 Å². The molecule has 0 spiro atoms. The molecule has 1 aliphatic rings. The third-order valence-corrected chi connectivity index (χ3v) is 4.06. The van der Waals surface area contributed by atoms with Crippen molar-refractivity contribution in [3.63, 3.8) is 0 Å². The standard InChI is InChI=1S/C18H24N2O2/c1-11-8-12(2)16-13-10-20(17(21)22-18(3,4)5)7-6-14(13)19-15(16)9-11/h8-9,19H,6-7,10H2,1-5H3. The Morgan fingerprint density at radius 2 is 2.00 bits per heavy atom. The molecule has 118 valence electrons. The predicted molar refractivity (Wildman–Crippen MR) is 88.1 cm³/mol. The number of benzene rings is 1. The van der Waals surface area contributed by atoms with Crippen LogP contribution in [0.25, 0.3) is 10.9 Å². The lowest BCUT2D eigenvalue weighted by Gasteiger charge is -2.30. The topological polar surface area (TPSA) is 45.3 Å². The minimum atomic E-state index is -0.454. The molecule has 0 bridgehead atoms. The first-order valence-corrected chi connectivity index (χ1v) is 7.83. The second kappa shape index (κ2) is 5.04. The Kier molecular flexibility index (Phi) is 3.42. The number of fused-ring (bicyclic) bond motifs is 3. The van der Waals surface area contributed by atoms with E-state index in [-0.39, 0.29) is 6.09 Å². The molecule has 0 radical (unpaired) electrons. The van der Waals surface area contributed by atoms with Gasteiger partial charge in [0.15, 0.2) is 0 Å². The van der Waals surface area contributed by atoms with Gasteiger partial charge in [-0.25, -0.2) is 4.79 Å². The van der Waals surface area contributed by atoms with Crippen molar-refractivity contribution in [2.75, 3.05) is 6.54 Å². The number of aromatic amines is 1. The third-order valence-electron chi connectivity index (χ3n) is 4.06. The summed E-state index contributed by atoms with van der Waals surface area (Å²) in [5.74, 6) is 0. The molecule has 0 saturated carbocycles. The first-order valence-electron chi connectivity index (χ1n) is 7.83. The van der Waals surface area contributed by atoms with Crippen LogP contribution in [0.4, 0.5) is 4.79 Å². The van der Waals surface area contributed by atoms with E-state index < -0.39 is 5.60 Å². The molecule has 4 nitrogen and oxygen atoms in total. The van der Waals surface area contributed by atoms with Crippen molar-refractivity contribution < 1.29 is 9.53 Å². The van der Waals surface area contributed by atoms with Gasteiger partial charge in [-0.15, -0.1) is 0 Å². The predicted octanol–water partition coefficient (Wildman–Crippen LogP) is 4.08. The molecule has 3 rings (SSSR count). The molecule has 1 aromatic heterocycles. The molecule has 4 heteroatoms. The number of hydrogen-bond acceptors (Lipinski definition) is 2. The lowest BCUT2D eigenvalue weighted by molar-refractivity contribution is 0.0224. The number of H-pyrrole nitrogens is 1. The van der Waals surface area contributed by atoms with E-state index in [2.05, 4.69) is 31.0 Å². The smallest absolute Gasteiger partial charge is 0.410 e. The molecule has 22 heavy (non-hydrogen) atoms. The van der Waals surface area contributed by atoms with Crippen molar-refractivity contribution in [2.45, 2.75) is 53.2 Å². The van der Waals surface area contributed by atoms with Crippen LogP contribution >= 0.6 is 0 Å². The summed E-state index contributed by atoms with van der Waals surface area (Å²) in [6, 6.07) is 4.38. The summed E-state index contributed by atoms with van der Waals surface area (Å²) in [6.07, 6.45) is 0.624. The molecule has 1 amide bonds. The molecule has 1 aliphatic heterocycles. The van der Waals surface area contributed by atoms with E-state index in [1.54, 1.807) is 4.90 Å².